The first-order valence-corrected chi connectivity index (χ1v) is 10.1. The van der Waals surface area contributed by atoms with E-state index in [1.807, 2.05) is 5.38 Å². The number of likely N-dealkylation sites (tertiary alicyclic amines) is 1. The van der Waals surface area contributed by atoms with Crippen LogP contribution in [0.25, 0.3) is 11.5 Å². The summed E-state index contributed by atoms with van der Waals surface area (Å²) in [4.78, 5) is 18.3. The van der Waals surface area contributed by atoms with Gasteiger partial charge in [0.1, 0.15) is 5.82 Å². The summed E-state index contributed by atoms with van der Waals surface area (Å²) in [6, 6.07) is 6.02. The van der Waals surface area contributed by atoms with E-state index in [0.717, 1.165) is 25.9 Å². The number of halogens is 1. The molecule has 1 aromatic carbocycles. The van der Waals surface area contributed by atoms with E-state index >= 15 is 0 Å². The fraction of sp³-hybridized carbons (Fsp3) is 0.368. The predicted octanol–water partition coefficient (Wildman–Crippen LogP) is 3.54. The summed E-state index contributed by atoms with van der Waals surface area (Å²) in [5, 5.41) is 13.5. The minimum Gasteiger partial charge on any atom is -0.420 e. The van der Waals surface area contributed by atoms with Crippen LogP contribution in [0.1, 0.15) is 31.1 Å². The fourth-order valence-electron chi connectivity index (χ4n) is 3.24. The minimum absolute atomic E-state index is 0.0158. The zero-order chi connectivity index (χ0) is 19.3. The number of carbonyl (C=O) groups excluding carboxylic acids is 1. The lowest BCUT2D eigenvalue weighted by Crippen LogP contribution is -2.35. The lowest BCUT2D eigenvalue weighted by molar-refractivity contribution is -0.116. The predicted molar refractivity (Wildman–Crippen MR) is 103 cm³/mol. The lowest BCUT2D eigenvalue weighted by atomic mass is 9.97. The third-order valence-electron chi connectivity index (χ3n) is 4.80. The Balaban J connectivity index is 1.25. The van der Waals surface area contributed by atoms with E-state index in [9.17, 15) is 9.18 Å². The number of hydrogen-bond donors (Lipinski definition) is 1. The Morgan fingerprint density at radius 3 is 2.75 bits per heavy atom. The van der Waals surface area contributed by atoms with Gasteiger partial charge in [0.2, 0.25) is 17.7 Å². The molecule has 1 fully saturated rings. The molecule has 0 unspecified atom stereocenters. The van der Waals surface area contributed by atoms with E-state index in [-0.39, 0.29) is 17.6 Å². The highest BCUT2D eigenvalue weighted by molar-refractivity contribution is 7.13. The maximum atomic E-state index is 13.0. The summed E-state index contributed by atoms with van der Waals surface area (Å²) in [6.45, 7) is 2.47. The van der Waals surface area contributed by atoms with Gasteiger partial charge in [-0.25, -0.2) is 9.37 Å². The molecule has 3 heterocycles. The Labute approximate surface area is 165 Å². The largest absolute Gasteiger partial charge is 0.420 e. The van der Waals surface area contributed by atoms with Crippen LogP contribution in [0.5, 0.6) is 0 Å². The molecule has 0 spiro atoms. The number of rotatable bonds is 6. The second-order valence-corrected chi connectivity index (χ2v) is 7.60. The van der Waals surface area contributed by atoms with Crippen LogP contribution in [0.4, 0.5) is 9.52 Å². The van der Waals surface area contributed by atoms with E-state index in [4.69, 9.17) is 4.42 Å². The topological polar surface area (TPSA) is 84.2 Å². The molecule has 1 aliphatic rings. The molecule has 1 saturated heterocycles. The highest BCUT2D eigenvalue weighted by Crippen LogP contribution is 2.29. The van der Waals surface area contributed by atoms with Crippen LogP contribution >= 0.6 is 11.3 Å². The van der Waals surface area contributed by atoms with Crippen LogP contribution < -0.4 is 5.32 Å². The summed E-state index contributed by atoms with van der Waals surface area (Å²) in [5.74, 6) is 0.938. The van der Waals surface area contributed by atoms with E-state index in [2.05, 4.69) is 25.4 Å². The highest BCUT2D eigenvalue weighted by Gasteiger charge is 2.25. The van der Waals surface area contributed by atoms with Crippen LogP contribution in [0.3, 0.4) is 0 Å². The average molecular weight is 401 g/mol. The number of amides is 1. The molecule has 0 atom stereocenters. The van der Waals surface area contributed by atoms with Gasteiger partial charge in [-0.3, -0.25) is 4.79 Å². The summed E-state index contributed by atoms with van der Waals surface area (Å²) in [7, 11) is 0. The van der Waals surface area contributed by atoms with Crippen molar-refractivity contribution >= 4 is 22.4 Å². The van der Waals surface area contributed by atoms with Crippen molar-refractivity contribution in [2.24, 2.45) is 0 Å². The first-order chi connectivity index (χ1) is 13.7. The number of nitrogens with zero attached hydrogens (tertiary/aromatic N) is 4. The molecule has 0 radical (unpaired) electrons. The van der Waals surface area contributed by atoms with Crippen molar-refractivity contribution in [3.63, 3.8) is 0 Å². The number of anilines is 1. The van der Waals surface area contributed by atoms with E-state index in [1.165, 1.54) is 23.5 Å². The number of thiazole rings is 1. The van der Waals surface area contributed by atoms with Gasteiger partial charge in [0.15, 0.2) is 5.13 Å². The second-order valence-electron chi connectivity index (χ2n) is 6.70. The molecule has 28 heavy (non-hydrogen) atoms. The highest BCUT2D eigenvalue weighted by atomic mass is 32.1. The van der Waals surface area contributed by atoms with Crippen LogP contribution in [0.15, 0.2) is 40.3 Å². The summed E-state index contributed by atoms with van der Waals surface area (Å²) in [6.07, 6.45) is 3.92. The van der Waals surface area contributed by atoms with Gasteiger partial charge >= 0.3 is 0 Å². The molecule has 1 amide bonds. The molecule has 3 aromatic rings. The van der Waals surface area contributed by atoms with Gasteiger partial charge in [0, 0.05) is 36.0 Å². The quantitative estimate of drug-likeness (QED) is 0.680. The monoisotopic (exact) mass is 401 g/mol. The van der Waals surface area contributed by atoms with E-state index < -0.39 is 0 Å². The average Bonchev–Trinajstić information content (AvgIpc) is 3.40. The van der Waals surface area contributed by atoms with Crippen molar-refractivity contribution in [2.45, 2.75) is 25.2 Å². The Bertz CT molecular complexity index is 905. The van der Waals surface area contributed by atoms with Crippen molar-refractivity contribution in [2.75, 3.05) is 25.0 Å². The Hall–Kier alpha value is -2.65. The number of aromatic nitrogens is 3. The summed E-state index contributed by atoms with van der Waals surface area (Å²) >= 11 is 1.41. The van der Waals surface area contributed by atoms with Crippen molar-refractivity contribution in [1.82, 2.24) is 20.1 Å². The number of hydrogen-bond acceptors (Lipinski definition) is 7. The molecule has 7 nitrogen and oxygen atoms in total. The SMILES string of the molecule is O=C(CCN1CCC(c2nnc(-c3ccc(F)cc3)o2)CC1)Nc1nccs1. The van der Waals surface area contributed by atoms with Crippen molar-refractivity contribution < 1.29 is 13.6 Å². The number of piperidine rings is 1. The smallest absolute Gasteiger partial charge is 0.247 e. The van der Waals surface area contributed by atoms with Crippen LogP contribution in [0.2, 0.25) is 0 Å². The van der Waals surface area contributed by atoms with Crippen LogP contribution in [0, 0.1) is 5.82 Å². The van der Waals surface area contributed by atoms with Crippen molar-refractivity contribution in [1.29, 1.82) is 0 Å². The van der Waals surface area contributed by atoms with Crippen molar-refractivity contribution in [3.8, 4) is 11.5 Å². The van der Waals surface area contributed by atoms with Crippen LogP contribution in [-0.2, 0) is 4.79 Å². The van der Waals surface area contributed by atoms with Gasteiger partial charge in [-0.1, -0.05) is 0 Å². The molecule has 1 N–H and O–H groups in total. The van der Waals surface area contributed by atoms with Gasteiger partial charge < -0.3 is 14.6 Å². The standard InChI is InChI=1S/C19H20FN5O2S/c20-15-3-1-13(2-4-15)17-23-24-18(27-17)14-5-9-25(10-6-14)11-7-16(26)22-19-21-8-12-28-19/h1-4,8,12,14H,5-7,9-11H2,(H,21,22,26). The van der Waals surface area contributed by atoms with E-state index in [1.54, 1.807) is 18.3 Å². The first-order valence-electron chi connectivity index (χ1n) is 9.18. The first kappa shape index (κ1) is 18.7. The summed E-state index contributed by atoms with van der Waals surface area (Å²) < 4.78 is 18.9. The maximum absolute atomic E-state index is 13.0. The lowest BCUT2D eigenvalue weighted by Gasteiger charge is -2.30. The zero-order valence-electron chi connectivity index (χ0n) is 15.2. The fourth-order valence-corrected chi connectivity index (χ4v) is 3.78. The molecule has 1 aliphatic heterocycles. The van der Waals surface area contributed by atoms with Gasteiger partial charge in [0.05, 0.1) is 0 Å². The molecule has 2 aromatic heterocycles. The third kappa shape index (κ3) is 4.60. The molecule has 4 rings (SSSR count). The maximum Gasteiger partial charge on any atom is 0.247 e. The van der Waals surface area contributed by atoms with E-state index in [0.29, 0.717) is 35.4 Å². The number of nitrogens with one attached hydrogen (secondary N) is 1. The second kappa shape index (κ2) is 8.57. The molecule has 9 heteroatoms. The molecule has 0 aliphatic carbocycles. The number of benzene rings is 1. The van der Waals surface area contributed by atoms with Gasteiger partial charge in [-0.05, 0) is 50.2 Å². The summed E-state index contributed by atoms with van der Waals surface area (Å²) in [5.41, 5.74) is 0.712. The molecule has 0 bridgehead atoms. The minimum atomic E-state index is -0.295. The van der Waals surface area contributed by atoms with Gasteiger partial charge in [0.25, 0.3) is 0 Å². The Morgan fingerprint density at radius 2 is 2.04 bits per heavy atom. The van der Waals surface area contributed by atoms with Crippen LogP contribution in [-0.4, -0.2) is 45.6 Å². The Morgan fingerprint density at radius 1 is 1.25 bits per heavy atom. The molecule has 146 valence electrons. The Kier molecular flexibility index (Phi) is 5.73. The molecular weight excluding hydrogens is 381 g/mol. The van der Waals surface area contributed by atoms with Gasteiger partial charge in [-0.2, -0.15) is 0 Å². The van der Waals surface area contributed by atoms with Gasteiger partial charge in [-0.15, -0.1) is 21.5 Å². The number of carbonyl (C=O) groups is 1. The normalized spacial score (nSPS) is 15.6. The third-order valence-corrected chi connectivity index (χ3v) is 5.49. The molecular formula is C19H20FN5O2S. The zero-order valence-corrected chi connectivity index (χ0v) is 16.0. The van der Waals surface area contributed by atoms with Crippen molar-refractivity contribution in [3.05, 3.63) is 47.6 Å². The molecule has 0 saturated carbocycles.